The molecule has 1 aromatic carbocycles. The lowest BCUT2D eigenvalue weighted by molar-refractivity contribution is -0.128. The molecule has 1 aliphatic rings. The summed E-state index contributed by atoms with van der Waals surface area (Å²) in [5, 5.41) is 12.3. The van der Waals surface area contributed by atoms with Crippen LogP contribution in [0.5, 0.6) is 5.75 Å². The molecule has 1 fully saturated rings. The molecule has 0 saturated heterocycles. The maximum atomic E-state index is 12.4. The molecule has 23 heavy (non-hydrogen) atoms. The number of hydrogen-bond donors (Lipinski definition) is 1. The maximum absolute atomic E-state index is 12.4. The smallest absolute Gasteiger partial charge is 0.262 e. The fraction of sp³-hybridized carbons (Fsp3) is 0.579. The van der Waals surface area contributed by atoms with E-state index in [0.29, 0.717) is 5.92 Å². The number of carbonyl (C=O) groups excluding carboxylic acids is 1. The molecule has 2 rings (SSSR count). The Labute approximate surface area is 138 Å². The Morgan fingerprint density at radius 2 is 1.96 bits per heavy atom. The van der Waals surface area contributed by atoms with Crippen LogP contribution in [0.15, 0.2) is 18.2 Å². The molecule has 124 valence electrons. The minimum atomic E-state index is -0.706. The molecule has 0 heterocycles. The van der Waals surface area contributed by atoms with E-state index in [4.69, 9.17) is 4.74 Å². The van der Waals surface area contributed by atoms with Crippen molar-refractivity contribution >= 4 is 5.91 Å². The molecule has 0 radical (unpaired) electrons. The minimum Gasteiger partial charge on any atom is -0.481 e. The van der Waals surface area contributed by atoms with E-state index >= 15 is 0 Å². The van der Waals surface area contributed by atoms with Crippen LogP contribution in [0.2, 0.25) is 0 Å². The fourth-order valence-electron chi connectivity index (χ4n) is 3.05. The number of hydrogen-bond acceptors (Lipinski definition) is 3. The number of carbonyl (C=O) groups is 1. The van der Waals surface area contributed by atoms with Crippen LogP contribution in [-0.2, 0) is 4.79 Å². The monoisotopic (exact) mass is 314 g/mol. The predicted octanol–water partition coefficient (Wildman–Crippen LogP) is 3.84. The molecule has 1 saturated carbocycles. The average molecular weight is 314 g/mol. The Bertz CT molecular complexity index is 610. The van der Waals surface area contributed by atoms with E-state index in [-0.39, 0.29) is 5.91 Å². The van der Waals surface area contributed by atoms with E-state index in [1.807, 2.05) is 19.1 Å². The summed E-state index contributed by atoms with van der Waals surface area (Å²) in [7, 11) is 0. The van der Waals surface area contributed by atoms with Gasteiger partial charge in [-0.25, -0.2) is 0 Å². The second-order valence-electron chi connectivity index (χ2n) is 6.85. The van der Waals surface area contributed by atoms with Crippen molar-refractivity contribution in [1.82, 2.24) is 5.32 Å². The average Bonchev–Trinajstić information content (AvgIpc) is 2.96. The number of aryl methyl sites for hydroxylation is 1. The van der Waals surface area contributed by atoms with Crippen LogP contribution in [0, 0.1) is 18.3 Å². The summed E-state index contributed by atoms with van der Waals surface area (Å²) < 4.78 is 5.93. The Hall–Kier alpha value is -2.02. The molecule has 1 atom stereocenters. The first kappa shape index (κ1) is 17.3. The van der Waals surface area contributed by atoms with E-state index in [9.17, 15) is 10.1 Å². The summed E-state index contributed by atoms with van der Waals surface area (Å²) in [4.78, 5) is 12.4. The van der Waals surface area contributed by atoms with Gasteiger partial charge in [0.25, 0.3) is 5.91 Å². The molecule has 4 heteroatoms. The van der Waals surface area contributed by atoms with Crippen LogP contribution in [0.3, 0.4) is 0 Å². The number of ether oxygens (including phenoxy) is 1. The van der Waals surface area contributed by atoms with Gasteiger partial charge in [-0.3, -0.25) is 4.79 Å². The van der Waals surface area contributed by atoms with E-state index in [2.05, 4.69) is 31.3 Å². The topological polar surface area (TPSA) is 62.1 Å². The van der Waals surface area contributed by atoms with Gasteiger partial charge in [0.05, 0.1) is 6.07 Å². The number of rotatable bonds is 5. The summed E-state index contributed by atoms with van der Waals surface area (Å²) >= 11 is 0. The first-order valence-corrected chi connectivity index (χ1v) is 8.37. The van der Waals surface area contributed by atoms with Gasteiger partial charge < -0.3 is 10.1 Å². The summed E-state index contributed by atoms with van der Waals surface area (Å²) in [5.74, 6) is 0.853. The number of benzene rings is 1. The van der Waals surface area contributed by atoms with Gasteiger partial charge in [0, 0.05) is 0 Å². The third kappa shape index (κ3) is 4.04. The van der Waals surface area contributed by atoms with E-state index in [0.717, 1.165) is 42.6 Å². The zero-order chi connectivity index (χ0) is 17.0. The molecule has 1 amide bonds. The molecule has 0 aromatic heterocycles. The number of nitrogens with one attached hydrogen (secondary N) is 1. The molecule has 1 aromatic rings. The van der Waals surface area contributed by atoms with Crippen LogP contribution >= 0.6 is 0 Å². The second kappa shape index (κ2) is 7.04. The highest BCUT2D eigenvalue weighted by Gasteiger charge is 2.36. The molecule has 1 aliphatic carbocycles. The second-order valence-corrected chi connectivity index (χ2v) is 6.85. The molecule has 0 bridgehead atoms. The normalized spacial score (nSPS) is 17.6. The van der Waals surface area contributed by atoms with E-state index in [1.165, 1.54) is 0 Å². The Morgan fingerprint density at radius 3 is 2.52 bits per heavy atom. The highest BCUT2D eigenvalue weighted by Crippen LogP contribution is 2.30. The minimum absolute atomic E-state index is 0.218. The zero-order valence-corrected chi connectivity index (χ0v) is 14.5. The van der Waals surface area contributed by atoms with Crippen molar-refractivity contribution in [2.45, 2.75) is 70.9 Å². The largest absolute Gasteiger partial charge is 0.481 e. The lowest BCUT2D eigenvalue weighted by Crippen LogP contribution is -2.49. The molecule has 0 aliphatic heterocycles. The lowest BCUT2D eigenvalue weighted by Gasteiger charge is -2.25. The molecule has 1 unspecified atom stereocenters. The Morgan fingerprint density at radius 1 is 1.30 bits per heavy atom. The van der Waals surface area contributed by atoms with Gasteiger partial charge in [-0.05, 0) is 62.6 Å². The standard InChI is InChI=1S/C19H26N2O2/c1-13(2)16-8-7-14(3)11-17(16)23-15(4)18(22)21-19(12-20)9-5-6-10-19/h7-8,11,13,15H,5-6,9-10H2,1-4H3,(H,21,22). The van der Waals surface area contributed by atoms with Crippen molar-refractivity contribution in [2.24, 2.45) is 0 Å². The number of nitriles is 1. The van der Waals surface area contributed by atoms with Crippen LogP contribution < -0.4 is 10.1 Å². The third-order valence-electron chi connectivity index (χ3n) is 4.50. The number of nitrogens with zero attached hydrogens (tertiary/aromatic N) is 1. The van der Waals surface area contributed by atoms with Gasteiger partial charge in [-0.2, -0.15) is 5.26 Å². The molecular weight excluding hydrogens is 288 g/mol. The molecule has 0 spiro atoms. The Kier molecular flexibility index (Phi) is 5.30. The highest BCUT2D eigenvalue weighted by atomic mass is 16.5. The van der Waals surface area contributed by atoms with Gasteiger partial charge in [-0.15, -0.1) is 0 Å². The van der Waals surface area contributed by atoms with Crippen LogP contribution in [-0.4, -0.2) is 17.6 Å². The van der Waals surface area contributed by atoms with Crippen molar-refractivity contribution < 1.29 is 9.53 Å². The first-order valence-electron chi connectivity index (χ1n) is 8.37. The van der Waals surface area contributed by atoms with Crippen molar-refractivity contribution in [3.05, 3.63) is 29.3 Å². The third-order valence-corrected chi connectivity index (χ3v) is 4.50. The summed E-state index contributed by atoms with van der Waals surface area (Å²) in [6.45, 7) is 7.95. The van der Waals surface area contributed by atoms with Crippen molar-refractivity contribution in [2.75, 3.05) is 0 Å². The van der Waals surface area contributed by atoms with E-state index < -0.39 is 11.6 Å². The van der Waals surface area contributed by atoms with Crippen molar-refractivity contribution in [3.8, 4) is 11.8 Å². The molecule has 4 nitrogen and oxygen atoms in total. The van der Waals surface area contributed by atoms with Gasteiger partial charge in [0.15, 0.2) is 6.10 Å². The van der Waals surface area contributed by atoms with Crippen LogP contribution in [0.25, 0.3) is 0 Å². The lowest BCUT2D eigenvalue weighted by atomic mass is 9.99. The van der Waals surface area contributed by atoms with Gasteiger partial charge in [0.1, 0.15) is 11.3 Å². The van der Waals surface area contributed by atoms with Gasteiger partial charge in [-0.1, -0.05) is 26.0 Å². The Balaban J connectivity index is 2.10. The fourth-order valence-corrected chi connectivity index (χ4v) is 3.05. The summed E-state index contributed by atoms with van der Waals surface area (Å²) in [6.07, 6.45) is 2.80. The van der Waals surface area contributed by atoms with Crippen LogP contribution in [0.4, 0.5) is 0 Å². The van der Waals surface area contributed by atoms with E-state index in [1.54, 1.807) is 6.92 Å². The highest BCUT2D eigenvalue weighted by molar-refractivity contribution is 5.82. The maximum Gasteiger partial charge on any atom is 0.262 e. The van der Waals surface area contributed by atoms with Crippen molar-refractivity contribution in [3.63, 3.8) is 0 Å². The first-order chi connectivity index (χ1) is 10.9. The molecular formula is C19H26N2O2. The van der Waals surface area contributed by atoms with Gasteiger partial charge >= 0.3 is 0 Å². The summed E-state index contributed by atoms with van der Waals surface area (Å²) in [5.41, 5.74) is 1.48. The predicted molar refractivity (Wildman–Crippen MR) is 90.3 cm³/mol. The zero-order valence-electron chi connectivity index (χ0n) is 14.5. The quantitative estimate of drug-likeness (QED) is 0.898. The number of amides is 1. The van der Waals surface area contributed by atoms with Crippen LogP contribution in [0.1, 0.15) is 63.5 Å². The SMILES string of the molecule is Cc1ccc(C(C)C)c(OC(C)C(=O)NC2(C#N)CCCC2)c1. The van der Waals surface area contributed by atoms with Gasteiger partial charge in [0.2, 0.25) is 0 Å². The van der Waals surface area contributed by atoms with Crippen molar-refractivity contribution in [1.29, 1.82) is 5.26 Å². The summed E-state index contributed by atoms with van der Waals surface area (Å²) in [6, 6.07) is 8.35. The molecule has 1 N–H and O–H groups in total.